The lowest BCUT2D eigenvalue weighted by molar-refractivity contribution is -0.140. The summed E-state index contributed by atoms with van der Waals surface area (Å²) in [5, 5.41) is 36.3. The van der Waals surface area contributed by atoms with Crippen LogP contribution in [-0.2, 0) is 46.7 Å². The number of aliphatic carboxylic acids is 3. The van der Waals surface area contributed by atoms with Gasteiger partial charge in [0.05, 0.1) is 43.5 Å². The largest absolute Gasteiger partial charge is 0.480 e. The first-order valence-corrected chi connectivity index (χ1v) is 20.3. The minimum atomic E-state index is -3.36. The fourth-order valence-electron chi connectivity index (χ4n) is 6.69. The highest BCUT2D eigenvalue weighted by atomic mass is 32.2. The Bertz CT molecular complexity index is 1920. The Balaban J connectivity index is 1.51. The van der Waals surface area contributed by atoms with Crippen molar-refractivity contribution in [2.24, 2.45) is 0 Å². The minimum Gasteiger partial charge on any atom is -0.480 e. The third-order valence-electron chi connectivity index (χ3n) is 9.47. The molecule has 1 fully saturated rings. The number of amides is 2. The van der Waals surface area contributed by atoms with Crippen LogP contribution in [0.4, 0.5) is 0 Å². The van der Waals surface area contributed by atoms with Crippen LogP contribution in [0.5, 0.6) is 0 Å². The van der Waals surface area contributed by atoms with E-state index in [4.69, 9.17) is 0 Å². The molecular formula is C39H52N6O10S. The molecule has 1 heterocycles. The Kier molecular flexibility index (Phi) is 16.7. The van der Waals surface area contributed by atoms with Crippen molar-refractivity contribution >= 4 is 50.3 Å². The van der Waals surface area contributed by atoms with Gasteiger partial charge in [0.1, 0.15) is 6.04 Å². The maximum absolute atomic E-state index is 13.8. The van der Waals surface area contributed by atoms with Gasteiger partial charge in [-0.1, -0.05) is 61.5 Å². The zero-order chi connectivity index (χ0) is 40.7. The summed E-state index contributed by atoms with van der Waals surface area (Å²) in [4.78, 5) is 69.4. The number of hydrogen-bond acceptors (Lipinski definition) is 11. The molecule has 4 rings (SSSR count). The predicted octanol–water partition coefficient (Wildman–Crippen LogP) is 0.843. The molecule has 1 aliphatic heterocycles. The van der Waals surface area contributed by atoms with Crippen molar-refractivity contribution < 1.29 is 47.7 Å². The van der Waals surface area contributed by atoms with Gasteiger partial charge in [-0.25, -0.2) is 8.42 Å². The number of hydrogen-bond donors (Lipinski definition) is 5. The van der Waals surface area contributed by atoms with Crippen molar-refractivity contribution in [2.45, 2.75) is 37.1 Å². The molecule has 2 amide bonds. The van der Waals surface area contributed by atoms with Gasteiger partial charge in [-0.2, -0.15) is 0 Å². The summed E-state index contributed by atoms with van der Waals surface area (Å²) < 4.78 is 24.9. The van der Waals surface area contributed by atoms with E-state index in [0.717, 1.165) is 21.9 Å². The molecule has 0 spiro atoms. The summed E-state index contributed by atoms with van der Waals surface area (Å²) in [5.74, 6) is -4.11. The molecule has 0 radical (unpaired) electrons. The van der Waals surface area contributed by atoms with Gasteiger partial charge >= 0.3 is 17.9 Å². The number of nitrogens with one attached hydrogen (secondary N) is 2. The lowest BCUT2D eigenvalue weighted by Crippen LogP contribution is -2.53. The highest BCUT2D eigenvalue weighted by molar-refractivity contribution is 7.91. The van der Waals surface area contributed by atoms with Gasteiger partial charge in [-0.3, -0.25) is 43.6 Å². The van der Waals surface area contributed by atoms with Crippen LogP contribution in [0.1, 0.15) is 24.5 Å². The summed E-state index contributed by atoms with van der Waals surface area (Å²) >= 11 is 0. The van der Waals surface area contributed by atoms with E-state index in [1.54, 1.807) is 50.8 Å². The van der Waals surface area contributed by atoms with Crippen molar-refractivity contribution in [3.63, 3.8) is 0 Å². The summed E-state index contributed by atoms with van der Waals surface area (Å²) in [6.07, 6.45) is 1.09. The summed E-state index contributed by atoms with van der Waals surface area (Å²) in [5.41, 5.74) is 1.66. The number of rotatable bonds is 18. The van der Waals surface area contributed by atoms with Gasteiger partial charge in [0, 0.05) is 52.2 Å². The zero-order valence-corrected chi connectivity index (χ0v) is 32.5. The van der Waals surface area contributed by atoms with E-state index in [-0.39, 0.29) is 95.7 Å². The molecule has 5 N–H and O–H groups in total. The molecular weight excluding hydrogens is 745 g/mol. The molecule has 1 aliphatic rings. The van der Waals surface area contributed by atoms with Gasteiger partial charge in [0.25, 0.3) is 0 Å². The highest BCUT2D eigenvalue weighted by Crippen LogP contribution is 2.20. The number of sulfone groups is 1. The topological polar surface area (TPSA) is 217 Å². The van der Waals surface area contributed by atoms with Crippen LogP contribution in [0, 0.1) is 0 Å². The number of carboxylic acids is 3. The molecule has 16 nitrogen and oxygen atoms in total. The minimum absolute atomic E-state index is 0.0142. The number of nitrogens with zero attached hydrogens (tertiary/aromatic N) is 4. The smallest absolute Gasteiger partial charge is 0.317 e. The van der Waals surface area contributed by atoms with Crippen LogP contribution in [0.25, 0.3) is 10.8 Å². The summed E-state index contributed by atoms with van der Waals surface area (Å²) in [6, 6.07) is 19.0. The fraction of sp³-hybridized carbons (Fsp3) is 0.462. The van der Waals surface area contributed by atoms with Crippen LogP contribution in [0.3, 0.4) is 0 Å². The van der Waals surface area contributed by atoms with E-state index in [9.17, 15) is 47.7 Å². The Hall–Kier alpha value is -4.94. The molecule has 3 aromatic rings. The molecule has 1 atom stereocenters. The second-order valence-electron chi connectivity index (χ2n) is 13.9. The molecule has 1 saturated heterocycles. The number of carbonyl (C=O) groups excluding carboxylic acids is 2. The number of carbonyl (C=O) groups is 5. The van der Waals surface area contributed by atoms with E-state index in [1.165, 1.54) is 0 Å². The van der Waals surface area contributed by atoms with Gasteiger partial charge < -0.3 is 26.0 Å². The molecule has 1 unspecified atom stereocenters. The molecule has 56 heavy (non-hydrogen) atoms. The van der Waals surface area contributed by atoms with E-state index >= 15 is 0 Å². The van der Waals surface area contributed by atoms with Crippen LogP contribution in [0.15, 0.2) is 71.6 Å². The van der Waals surface area contributed by atoms with Crippen molar-refractivity contribution in [1.82, 2.24) is 30.2 Å². The first-order valence-electron chi connectivity index (χ1n) is 18.6. The van der Waals surface area contributed by atoms with Crippen molar-refractivity contribution in [2.75, 3.05) is 84.4 Å². The maximum atomic E-state index is 13.8. The summed E-state index contributed by atoms with van der Waals surface area (Å²) in [6.45, 7) is 2.08. The van der Waals surface area contributed by atoms with Crippen LogP contribution < -0.4 is 10.6 Å². The van der Waals surface area contributed by atoms with E-state index in [0.29, 0.717) is 12.8 Å². The Morgan fingerprint density at radius 3 is 1.82 bits per heavy atom. The Morgan fingerprint density at radius 1 is 0.696 bits per heavy atom. The Morgan fingerprint density at radius 2 is 1.23 bits per heavy atom. The first-order chi connectivity index (χ1) is 26.7. The normalized spacial score (nSPS) is 16.1. The molecule has 0 aromatic heterocycles. The standard InChI is InChI=1S/C39H52N6O10S/c1-2-22-56(54,55)32-12-10-29(11-13-32)14-15-40-39(53)34(23-31-8-5-7-30-6-3-4-9-33(30)31)41-35(46)24-44-20-18-42(25-36(47)48)16-17-43(26-37(49)50)19-21-45(28-44)27-38(51)52/h3-13,34H,2,14-28H2,1H3,(H,40,53)(H,41,46)(H,47,48)(H,49,50)(H,51,52). The average Bonchev–Trinajstić information content (AvgIpc) is 3.16. The highest BCUT2D eigenvalue weighted by Gasteiger charge is 2.26. The predicted molar refractivity (Wildman–Crippen MR) is 209 cm³/mol. The SMILES string of the molecule is CCCS(=O)(=O)c1ccc(CCNC(=O)C(Cc2cccc3ccccc23)NC(=O)CN2CCN(CC(=O)O)CCN(CC(=O)O)CCN(CC(=O)O)C2)cc1. The van der Waals surface area contributed by atoms with Gasteiger partial charge in [0.2, 0.25) is 11.8 Å². The molecule has 0 aliphatic carbocycles. The van der Waals surface area contributed by atoms with Crippen LogP contribution in [-0.4, -0.2) is 164 Å². The van der Waals surface area contributed by atoms with E-state index < -0.39 is 45.6 Å². The molecule has 304 valence electrons. The van der Waals surface area contributed by atoms with Gasteiger partial charge in [-0.15, -0.1) is 0 Å². The first kappa shape index (κ1) is 43.8. The van der Waals surface area contributed by atoms with E-state index in [2.05, 4.69) is 10.6 Å². The van der Waals surface area contributed by atoms with E-state index in [1.807, 2.05) is 42.5 Å². The number of carboxylic acid groups (broad SMARTS) is 3. The molecule has 0 bridgehead atoms. The van der Waals surface area contributed by atoms with Crippen LogP contribution >= 0.6 is 0 Å². The monoisotopic (exact) mass is 796 g/mol. The number of benzene rings is 3. The third kappa shape index (κ3) is 14.3. The second-order valence-corrected chi connectivity index (χ2v) is 16.1. The van der Waals surface area contributed by atoms with Crippen molar-refractivity contribution in [3.05, 3.63) is 77.9 Å². The second kappa shape index (κ2) is 21.4. The fourth-order valence-corrected chi connectivity index (χ4v) is 8.01. The van der Waals surface area contributed by atoms with Gasteiger partial charge in [-0.05, 0) is 46.9 Å². The number of fused-ring (bicyclic) bond motifs is 1. The van der Waals surface area contributed by atoms with Gasteiger partial charge in [0.15, 0.2) is 9.84 Å². The molecule has 0 saturated carbocycles. The van der Waals surface area contributed by atoms with Crippen molar-refractivity contribution in [1.29, 1.82) is 0 Å². The lowest BCUT2D eigenvalue weighted by Gasteiger charge is -2.31. The maximum Gasteiger partial charge on any atom is 0.317 e. The molecule has 3 aromatic carbocycles. The summed E-state index contributed by atoms with van der Waals surface area (Å²) in [7, 11) is -3.36. The van der Waals surface area contributed by atoms with Crippen molar-refractivity contribution in [3.8, 4) is 0 Å². The zero-order valence-electron chi connectivity index (χ0n) is 31.6. The Labute approximate surface area is 327 Å². The van der Waals surface area contributed by atoms with Crippen LogP contribution in [0.2, 0.25) is 0 Å². The molecule has 17 heteroatoms. The average molecular weight is 797 g/mol. The lowest BCUT2D eigenvalue weighted by atomic mass is 9.98. The third-order valence-corrected chi connectivity index (χ3v) is 11.4. The quantitative estimate of drug-likeness (QED) is 0.121.